The molecule has 168 valence electrons. The third-order valence-corrected chi connectivity index (χ3v) is 122. The maximum absolute atomic E-state index is 2.61. The van der Waals surface area contributed by atoms with Crippen LogP contribution in [0.1, 0.15) is 0 Å². The third kappa shape index (κ3) is 14.4. The molecule has 0 amide bonds. The van der Waals surface area contributed by atoms with Crippen LogP contribution in [-0.2, 0) is 0 Å². The fourth-order valence-electron chi connectivity index (χ4n) is 6.75. The van der Waals surface area contributed by atoms with Gasteiger partial charge >= 0.3 is 0 Å². The van der Waals surface area contributed by atoms with Crippen molar-refractivity contribution in [1.82, 2.24) is 0 Å². The van der Waals surface area contributed by atoms with E-state index < -0.39 is 45.5 Å². The highest BCUT2D eigenvalue weighted by Gasteiger charge is 2.47. The Balaban J connectivity index is -0.000000410. The molecule has 0 heterocycles. The van der Waals surface area contributed by atoms with Gasteiger partial charge in [-0.2, -0.15) is 0 Å². The maximum Gasteiger partial charge on any atom is 0.112 e. The Hall–Kier alpha value is 2.27. The van der Waals surface area contributed by atoms with Gasteiger partial charge in [-0.1, -0.05) is 118 Å². The minimum atomic E-state index is -0.832. The second-order valence-electron chi connectivity index (χ2n) is 14.2. The summed E-state index contributed by atoms with van der Waals surface area (Å²) in [5.41, 5.74) is 0. The molecule has 0 saturated carbocycles. The highest BCUT2D eigenvalue weighted by atomic mass is 29.9. The van der Waals surface area contributed by atoms with Crippen LogP contribution in [0.4, 0.5) is 0 Å². The van der Waals surface area contributed by atoms with Crippen molar-refractivity contribution in [3.63, 3.8) is 0 Å². The Morgan fingerprint density at radius 2 is 0.357 bits per heavy atom. The van der Waals surface area contributed by atoms with E-state index in [1.54, 1.807) is 0 Å². The largest absolute Gasteiger partial charge is 0.128 e. The van der Waals surface area contributed by atoms with Crippen molar-refractivity contribution in [3.05, 3.63) is 0 Å². The summed E-state index contributed by atoms with van der Waals surface area (Å²) in [6, 6.07) is 0. The molecule has 0 aromatic rings. The Morgan fingerprint density at radius 1 is 0.286 bits per heavy atom. The first-order valence-corrected chi connectivity index (χ1v) is 42.2. The molecule has 0 aliphatic rings. The Morgan fingerprint density at radius 3 is 0.357 bits per heavy atom. The molecule has 0 atom stereocenters. The fraction of sp³-hybridized carbons (Fsp3) is 1.00. The first-order chi connectivity index (χ1) is 11.7. The van der Waals surface area contributed by atoms with Crippen LogP contribution < -0.4 is 0 Å². The van der Waals surface area contributed by atoms with Crippen LogP contribution in [0, 0.1) is 0 Å². The minimum absolute atomic E-state index is 0.0255. The van der Waals surface area contributed by atoms with Crippen molar-refractivity contribution in [3.8, 4) is 0 Å². The van der Waals surface area contributed by atoms with Crippen LogP contribution in [0.5, 0.6) is 0 Å². The van der Waals surface area contributed by atoms with Crippen LogP contribution in [0.2, 0.25) is 124 Å². The maximum atomic E-state index is 2.61. The van der Waals surface area contributed by atoms with Gasteiger partial charge in [0, 0.05) is 60.2 Å². The van der Waals surface area contributed by atoms with Gasteiger partial charge in [-0.3, -0.25) is 0 Å². The van der Waals surface area contributed by atoms with Gasteiger partial charge in [0.25, 0.3) is 0 Å². The summed E-state index contributed by atoms with van der Waals surface area (Å²) in [6.45, 7) is 47.0. The molecule has 0 nitrogen and oxygen atoms in total. The fourth-order valence-corrected chi connectivity index (χ4v) is 182. The van der Waals surface area contributed by atoms with Crippen LogP contribution >= 0.6 is 0 Å². The lowest BCUT2D eigenvalue weighted by molar-refractivity contribution is 1.77. The van der Waals surface area contributed by atoms with Gasteiger partial charge in [0.2, 0.25) is 0 Å². The van der Waals surface area contributed by atoms with Crippen molar-refractivity contribution in [2.75, 3.05) is 0 Å². The van der Waals surface area contributed by atoms with Gasteiger partial charge in [-0.25, -0.2) is 0 Å². The number of rotatable bonds is 6. The average molecular weight is 537 g/mol. The molecule has 0 N–H and O–H groups in total. The SMILES string of the molecule is C[Si](C)(C)[Si]([Si](C)(C)C)[Si](C)(C)C.C[Si](C)(C)[Si]([Si](C)(C)C)[Si](C)(C)C.[CH3][Al]. The van der Waals surface area contributed by atoms with Gasteiger partial charge in [0.1, 0.15) is 16.3 Å². The normalized spacial score (nSPS) is 14.3. The van der Waals surface area contributed by atoms with E-state index in [1.165, 1.54) is 0 Å². The number of hydrogen-bond acceptors (Lipinski definition) is 0. The topological polar surface area (TPSA) is 0 Å². The van der Waals surface area contributed by atoms with Crippen LogP contribution in [0.25, 0.3) is 0 Å². The van der Waals surface area contributed by atoms with E-state index in [4.69, 9.17) is 0 Å². The molecule has 4 radical (unpaired) electrons. The molecule has 0 aliphatic carbocycles. The smallest absolute Gasteiger partial charge is 0.112 e. The predicted octanol–water partition coefficient (Wildman–Crippen LogP) is 7.67. The summed E-state index contributed by atoms with van der Waals surface area (Å²) < 4.78 is 0. The van der Waals surface area contributed by atoms with Crippen molar-refractivity contribution in [1.29, 1.82) is 0 Å². The van der Waals surface area contributed by atoms with Crippen molar-refractivity contribution in [2.45, 2.75) is 124 Å². The monoisotopic (exact) mass is 536 g/mol. The molecular formula is C19H57AlSi8. The molecule has 0 saturated heterocycles. The number of hydrogen-bond donors (Lipinski definition) is 0. The van der Waals surface area contributed by atoms with Crippen LogP contribution in [0.3, 0.4) is 0 Å². The predicted molar refractivity (Wildman–Crippen MR) is 163 cm³/mol. The molecule has 0 aromatic heterocycles. The molecule has 0 spiro atoms. The van der Waals surface area contributed by atoms with Gasteiger partial charge in [-0.05, 0) is 0 Å². The highest BCUT2D eigenvalue weighted by molar-refractivity contribution is 7.82. The highest BCUT2D eigenvalue weighted by Crippen LogP contribution is 2.26. The third-order valence-electron chi connectivity index (χ3n) is 4.50. The van der Waals surface area contributed by atoms with Gasteiger partial charge < -0.3 is 0 Å². The molecular weight excluding hydrogens is 480 g/mol. The van der Waals surface area contributed by atoms with E-state index in [0.717, 1.165) is 0 Å². The summed E-state index contributed by atoms with van der Waals surface area (Å²) in [6.07, 6.45) is 0. The van der Waals surface area contributed by atoms with E-state index in [2.05, 4.69) is 134 Å². The summed E-state index contributed by atoms with van der Waals surface area (Å²) in [7, 11) is -4.94. The second-order valence-corrected chi connectivity index (χ2v) is 87.8. The van der Waals surface area contributed by atoms with Gasteiger partial charge in [0.15, 0.2) is 0 Å². The van der Waals surface area contributed by atoms with Crippen LogP contribution in [-0.4, -0.2) is 76.5 Å². The van der Waals surface area contributed by atoms with Gasteiger partial charge in [-0.15, -0.1) is 5.79 Å². The molecule has 28 heavy (non-hydrogen) atoms. The van der Waals surface area contributed by atoms with Gasteiger partial charge in [0.05, 0.1) is 0 Å². The Bertz CT molecular complexity index is 317. The standard InChI is InChI=1S/2C9H27Si4.CH3.Al/c2*1-11(2,3)10(12(4,5)6)13(7,8)9;;/h2*1-9H3;1H3;. The second kappa shape index (κ2) is 11.9. The van der Waals surface area contributed by atoms with E-state index in [1.807, 2.05) is 5.79 Å². The molecule has 0 unspecified atom stereocenters. The minimum Gasteiger partial charge on any atom is -0.128 e. The lowest BCUT2D eigenvalue weighted by Gasteiger charge is -2.44. The van der Waals surface area contributed by atoms with E-state index in [-0.39, 0.29) is 14.7 Å². The summed E-state index contributed by atoms with van der Waals surface area (Å²) >= 11 is 2.42. The van der Waals surface area contributed by atoms with E-state index >= 15 is 0 Å². The summed E-state index contributed by atoms with van der Waals surface area (Å²) in [5.74, 6) is 1.92. The van der Waals surface area contributed by atoms with Crippen molar-refractivity contribution in [2.24, 2.45) is 0 Å². The first kappa shape index (κ1) is 34.9. The van der Waals surface area contributed by atoms with Crippen LogP contribution in [0.15, 0.2) is 0 Å². The summed E-state index contributed by atoms with van der Waals surface area (Å²) in [4.78, 5) is 0. The molecule has 0 aliphatic heterocycles. The average Bonchev–Trinajstić information content (AvgIpc) is 2.17. The van der Waals surface area contributed by atoms with Crippen molar-refractivity contribution < 1.29 is 0 Å². The Labute approximate surface area is 198 Å². The zero-order chi connectivity index (χ0) is 24.2. The lowest BCUT2D eigenvalue weighted by Crippen LogP contribution is -2.70. The zero-order valence-electron chi connectivity index (χ0n) is 23.6. The zero-order valence-corrected chi connectivity index (χ0v) is 32.7. The summed E-state index contributed by atoms with van der Waals surface area (Å²) in [5, 5.41) is 0. The molecule has 9 heteroatoms. The van der Waals surface area contributed by atoms with E-state index in [0.29, 0.717) is 0 Å². The lowest BCUT2D eigenvalue weighted by atomic mass is 11.8. The molecule has 0 rings (SSSR count). The van der Waals surface area contributed by atoms with E-state index in [9.17, 15) is 0 Å². The van der Waals surface area contributed by atoms with Crippen molar-refractivity contribution >= 4 is 76.5 Å². The molecule has 0 aromatic carbocycles. The molecule has 0 bridgehead atoms. The Kier molecular flexibility index (Phi) is 14.9. The quantitative estimate of drug-likeness (QED) is 0.305. The first-order valence-electron chi connectivity index (χ1n) is 11.1. The molecule has 0 fully saturated rings.